The Morgan fingerprint density at radius 2 is 1.08 bits per heavy atom. The number of carboxylic acids is 2. The summed E-state index contributed by atoms with van der Waals surface area (Å²) in [6.07, 6.45) is 0.890. The van der Waals surface area contributed by atoms with Gasteiger partial charge in [0.1, 0.15) is 29.3 Å². The maximum atomic E-state index is 13.7. The average molecular weight is 495 g/mol. The number of hydrogen-bond acceptors (Lipinski definition) is 3. The van der Waals surface area contributed by atoms with Gasteiger partial charge in [-0.2, -0.15) is 0 Å². The predicted octanol–water partition coefficient (Wildman–Crippen LogP) is 4.42. The van der Waals surface area contributed by atoms with Gasteiger partial charge in [0.2, 0.25) is 5.78 Å². The van der Waals surface area contributed by atoms with Gasteiger partial charge in [0, 0.05) is 11.6 Å². The van der Waals surface area contributed by atoms with Gasteiger partial charge in [-0.15, -0.1) is 0 Å². The topological polar surface area (TPSA) is 91.7 Å². The number of benzene rings is 4. The Hall–Kier alpha value is -4.34. The summed E-state index contributed by atoms with van der Waals surface area (Å²) in [6, 6.07) is 35.5. The monoisotopic (exact) mass is 495 g/mol. The summed E-state index contributed by atoms with van der Waals surface area (Å²) in [5, 5.41) is 21.7. The van der Waals surface area contributed by atoms with Crippen molar-refractivity contribution >= 4 is 46.5 Å². The van der Waals surface area contributed by atoms with Crippen LogP contribution in [0.5, 0.6) is 0 Å². The van der Waals surface area contributed by atoms with Crippen LogP contribution in [0.3, 0.4) is 0 Å². The van der Waals surface area contributed by atoms with Gasteiger partial charge in [-0.1, -0.05) is 78.9 Å². The molecule has 0 aliphatic rings. The summed E-state index contributed by atoms with van der Waals surface area (Å²) in [5.74, 6) is -2.70. The van der Waals surface area contributed by atoms with E-state index in [1.165, 1.54) is 0 Å². The van der Waals surface area contributed by atoms with E-state index in [0.29, 0.717) is 11.6 Å². The maximum absolute atomic E-state index is 13.7. The molecule has 0 aliphatic heterocycles. The molecule has 6 heteroatoms. The fourth-order valence-corrected chi connectivity index (χ4v) is 8.44. The molecule has 36 heavy (non-hydrogen) atoms. The lowest BCUT2D eigenvalue weighted by atomic mass is 10.1. The first-order valence-electron chi connectivity index (χ1n) is 11.3. The molecule has 0 aliphatic carbocycles. The van der Waals surface area contributed by atoms with Crippen LogP contribution in [0.15, 0.2) is 121 Å². The number of carboxylic acid groups (broad SMARTS) is 2. The van der Waals surface area contributed by atoms with Gasteiger partial charge < -0.3 is 10.2 Å². The number of carbonyl (C=O) groups excluding carboxylic acids is 1. The molecule has 4 aromatic rings. The highest BCUT2D eigenvalue weighted by molar-refractivity contribution is 7.96. The Balaban J connectivity index is 2.00. The van der Waals surface area contributed by atoms with Crippen LogP contribution in [0.2, 0.25) is 0 Å². The largest absolute Gasteiger partial charge is 0.478 e. The predicted molar refractivity (Wildman–Crippen MR) is 144 cm³/mol. The van der Waals surface area contributed by atoms with Crippen molar-refractivity contribution in [1.29, 1.82) is 0 Å². The first-order chi connectivity index (χ1) is 17.4. The second kappa shape index (κ2) is 10.9. The minimum Gasteiger partial charge on any atom is -0.478 e. The van der Waals surface area contributed by atoms with Crippen molar-refractivity contribution in [3.05, 3.63) is 132 Å². The lowest BCUT2D eigenvalue weighted by Gasteiger charge is -2.27. The number of aliphatic carboxylic acids is 2. The van der Waals surface area contributed by atoms with Crippen LogP contribution < -0.4 is 15.9 Å². The van der Waals surface area contributed by atoms with E-state index in [1.54, 1.807) is 30.3 Å². The van der Waals surface area contributed by atoms with Crippen LogP contribution in [0.4, 0.5) is 0 Å². The molecular formula is C30H24O5P+. The number of rotatable bonds is 9. The Labute approximate surface area is 209 Å². The second-order valence-corrected chi connectivity index (χ2v) is 11.7. The smallest absolute Gasteiger partial charge is 0.336 e. The fraction of sp³-hybridized carbons (Fsp3) is 0.0333. The summed E-state index contributed by atoms with van der Waals surface area (Å²) >= 11 is 0. The minimum atomic E-state index is -2.62. The molecule has 5 nitrogen and oxygen atoms in total. The van der Waals surface area contributed by atoms with Gasteiger partial charge in [0.25, 0.3) is 0 Å². The van der Waals surface area contributed by atoms with Gasteiger partial charge in [-0.3, -0.25) is 4.79 Å². The van der Waals surface area contributed by atoms with Crippen molar-refractivity contribution in [3.8, 4) is 0 Å². The average Bonchev–Trinajstić information content (AvgIpc) is 2.91. The molecule has 4 rings (SSSR count). The molecule has 2 N–H and O–H groups in total. The van der Waals surface area contributed by atoms with E-state index in [2.05, 4.69) is 0 Å². The third-order valence-electron chi connectivity index (χ3n) is 5.97. The molecule has 0 radical (unpaired) electrons. The molecule has 0 saturated carbocycles. The lowest BCUT2D eigenvalue weighted by Crippen LogP contribution is -2.36. The number of carbonyl (C=O) groups is 3. The first-order valence-corrected chi connectivity index (χ1v) is 13.3. The van der Waals surface area contributed by atoms with Crippen LogP contribution in [0, 0.1) is 0 Å². The molecule has 178 valence electrons. The van der Waals surface area contributed by atoms with E-state index >= 15 is 0 Å². The van der Waals surface area contributed by atoms with Crippen LogP contribution >= 0.6 is 7.26 Å². The van der Waals surface area contributed by atoms with Gasteiger partial charge >= 0.3 is 11.9 Å². The van der Waals surface area contributed by atoms with Crippen molar-refractivity contribution in [2.75, 3.05) is 6.16 Å². The molecular weight excluding hydrogens is 471 g/mol. The molecule has 0 spiro atoms. The molecule has 0 fully saturated rings. The second-order valence-electron chi connectivity index (χ2n) is 8.18. The SMILES string of the molecule is O=C(O)/C=C(\C(=O)O)c1cccc([P+](CC(=O)c2ccccc2)(c2ccccc2)c2ccccc2)c1. The molecule has 0 heterocycles. The summed E-state index contributed by atoms with van der Waals surface area (Å²) in [6.45, 7) is 0. The Kier molecular flexibility index (Phi) is 7.53. The maximum Gasteiger partial charge on any atom is 0.336 e. The van der Waals surface area contributed by atoms with Crippen LogP contribution in [0.1, 0.15) is 15.9 Å². The molecule has 0 aromatic heterocycles. The summed E-state index contributed by atoms with van der Waals surface area (Å²) in [5.41, 5.74) is 0.547. The van der Waals surface area contributed by atoms with E-state index in [9.17, 15) is 24.6 Å². The zero-order valence-electron chi connectivity index (χ0n) is 19.3. The summed E-state index contributed by atoms with van der Waals surface area (Å²) in [4.78, 5) is 37.0. The normalized spacial score (nSPS) is 11.6. The molecule has 0 amide bonds. The Morgan fingerprint density at radius 1 is 0.611 bits per heavy atom. The van der Waals surface area contributed by atoms with Crippen molar-refractivity contribution in [3.63, 3.8) is 0 Å². The number of Topliss-reactive ketones (excluding diaryl/α,β-unsaturated/α-hetero) is 1. The van der Waals surface area contributed by atoms with Crippen LogP contribution in [-0.4, -0.2) is 34.1 Å². The highest BCUT2D eigenvalue weighted by Crippen LogP contribution is 2.55. The van der Waals surface area contributed by atoms with Crippen molar-refractivity contribution < 1.29 is 24.6 Å². The molecule has 0 saturated heterocycles. The third kappa shape index (κ3) is 5.17. The minimum absolute atomic E-state index is 0.0263. The molecule has 0 atom stereocenters. The standard InChI is InChI=1S/C30H23O5P/c31-28(22-11-4-1-5-12-22)21-36(24-14-6-2-7-15-24,25-16-8-3-9-17-25)26-18-10-13-23(19-26)27(30(34)35)20-29(32)33/h1-20H,21H2,(H-,32,33,34,35)/p+1/b27-20-. The lowest BCUT2D eigenvalue weighted by molar-refractivity contribution is -0.133. The first kappa shape index (κ1) is 24.8. The van der Waals surface area contributed by atoms with Crippen molar-refractivity contribution in [2.24, 2.45) is 0 Å². The van der Waals surface area contributed by atoms with E-state index < -0.39 is 19.2 Å². The Bertz CT molecular complexity index is 1370. The third-order valence-corrected chi connectivity index (χ3v) is 10.2. The molecule has 4 aromatic carbocycles. The quantitative estimate of drug-likeness (QED) is 0.204. The number of hydrogen-bond donors (Lipinski definition) is 2. The van der Waals surface area contributed by atoms with Crippen molar-refractivity contribution in [2.45, 2.75) is 0 Å². The molecule has 0 bridgehead atoms. The van der Waals surface area contributed by atoms with Gasteiger partial charge in [0.15, 0.2) is 0 Å². The van der Waals surface area contributed by atoms with E-state index in [-0.39, 0.29) is 23.1 Å². The van der Waals surface area contributed by atoms with Crippen LogP contribution in [-0.2, 0) is 9.59 Å². The Morgan fingerprint density at radius 3 is 1.58 bits per heavy atom. The van der Waals surface area contributed by atoms with E-state index in [4.69, 9.17) is 0 Å². The zero-order chi connectivity index (χ0) is 25.5. The van der Waals surface area contributed by atoms with Gasteiger partial charge in [-0.05, 0) is 42.0 Å². The zero-order valence-corrected chi connectivity index (χ0v) is 20.2. The number of ketones is 1. The van der Waals surface area contributed by atoms with Crippen LogP contribution in [0.25, 0.3) is 5.57 Å². The molecule has 0 unspecified atom stereocenters. The van der Waals surface area contributed by atoms with Gasteiger partial charge in [-0.25, -0.2) is 9.59 Å². The fourth-order valence-electron chi connectivity index (χ4n) is 4.32. The highest BCUT2D eigenvalue weighted by Gasteiger charge is 2.47. The van der Waals surface area contributed by atoms with Crippen molar-refractivity contribution in [1.82, 2.24) is 0 Å². The van der Waals surface area contributed by atoms with E-state index in [0.717, 1.165) is 15.9 Å². The van der Waals surface area contributed by atoms with E-state index in [1.807, 2.05) is 84.9 Å². The summed E-state index contributed by atoms with van der Waals surface area (Å²) in [7, 11) is -2.62. The highest BCUT2D eigenvalue weighted by atomic mass is 31.2. The summed E-state index contributed by atoms with van der Waals surface area (Å²) < 4.78 is 0. The van der Waals surface area contributed by atoms with Gasteiger partial charge in [0.05, 0.1) is 5.57 Å².